The van der Waals surface area contributed by atoms with Crippen molar-refractivity contribution >= 4 is 69.9 Å². The molecule has 0 amide bonds. The van der Waals surface area contributed by atoms with E-state index in [9.17, 15) is 0 Å². The smallest absolute Gasteiger partial charge is 0.151 e. The Morgan fingerprint density at radius 2 is 1.09 bits per heavy atom. The second-order valence-electron chi connectivity index (χ2n) is 16.9. The highest BCUT2D eigenvalue weighted by Gasteiger charge is 2.38. The first kappa shape index (κ1) is 38.7. The van der Waals surface area contributed by atoms with Gasteiger partial charge in [-0.2, -0.15) is 0 Å². The first-order valence-corrected chi connectivity index (χ1v) is 26.4. The molecule has 2 aliphatic heterocycles. The summed E-state index contributed by atoms with van der Waals surface area (Å²) in [5.74, 6) is 1.89. The minimum absolute atomic E-state index is 0.932. The average molecular weight is 875 g/mol. The van der Waals surface area contributed by atoms with Gasteiger partial charge in [-0.3, -0.25) is 0 Å². The molecule has 0 spiro atoms. The predicted molar refractivity (Wildman–Crippen MR) is 272 cm³/mol. The number of anilines is 3. The van der Waals surface area contributed by atoms with Crippen molar-refractivity contribution in [2.45, 2.75) is 32.7 Å². The van der Waals surface area contributed by atoms with Crippen LogP contribution in [0.25, 0.3) is 50.1 Å². The molecule has 0 bridgehead atoms. The van der Waals surface area contributed by atoms with Gasteiger partial charge in [-0.1, -0.05) is 182 Å². The number of benzene rings is 9. The maximum Gasteiger partial charge on any atom is 0.151 e. The average Bonchev–Trinajstić information content (AvgIpc) is 3.69. The normalized spacial score (nSPS) is 13.3. The standard InChI is InChI=1S/C58H42N2OS2Si/c1-64(2)53-30-15-12-26-49(53)61-57-48(25-17-31-54(57)64)59(43-34-32-39(33-35-43)45-24-16-29-52-58(45)63-51-28-14-13-27-50(51)62-52)44-36-37-47-46(38-44)55(40-18-6-3-7-19-40)56(41-20-8-4-9-21-41)60(47)42-22-10-5-11-23-42/h3-38H,1-2H3. The zero-order valence-corrected chi connectivity index (χ0v) is 38.0. The third kappa shape index (κ3) is 6.43. The molecule has 1 aromatic heterocycles. The molecule has 3 nitrogen and oxygen atoms in total. The molecule has 0 aliphatic carbocycles. The van der Waals surface area contributed by atoms with Crippen molar-refractivity contribution in [2.24, 2.45) is 0 Å². The van der Waals surface area contributed by atoms with Crippen LogP contribution in [0.3, 0.4) is 0 Å². The van der Waals surface area contributed by atoms with E-state index in [0.717, 1.165) is 51.0 Å². The molecule has 2 aliphatic rings. The van der Waals surface area contributed by atoms with E-state index < -0.39 is 8.07 Å². The van der Waals surface area contributed by atoms with Crippen LogP contribution in [0.1, 0.15) is 0 Å². The molecule has 0 atom stereocenters. The second kappa shape index (κ2) is 15.7. The van der Waals surface area contributed by atoms with Crippen LogP contribution in [-0.2, 0) is 0 Å². The van der Waals surface area contributed by atoms with Crippen LogP contribution in [0.4, 0.5) is 17.1 Å². The van der Waals surface area contributed by atoms with Gasteiger partial charge in [0.1, 0.15) is 13.8 Å². The van der Waals surface area contributed by atoms with Gasteiger partial charge in [-0.15, -0.1) is 0 Å². The third-order valence-corrected chi connectivity index (χ3v) is 18.8. The van der Waals surface area contributed by atoms with Crippen molar-refractivity contribution in [2.75, 3.05) is 4.90 Å². The van der Waals surface area contributed by atoms with E-state index in [0.29, 0.717) is 0 Å². The zero-order chi connectivity index (χ0) is 42.8. The molecule has 0 N–H and O–H groups in total. The molecule has 6 heteroatoms. The van der Waals surface area contributed by atoms with E-state index in [4.69, 9.17) is 4.74 Å². The number of hydrogen-bond acceptors (Lipinski definition) is 4. The van der Waals surface area contributed by atoms with Crippen molar-refractivity contribution < 1.29 is 4.74 Å². The van der Waals surface area contributed by atoms with Crippen molar-refractivity contribution in [3.63, 3.8) is 0 Å². The summed E-state index contributed by atoms with van der Waals surface area (Å²) >= 11 is 3.73. The number of aromatic nitrogens is 1. The highest BCUT2D eigenvalue weighted by molar-refractivity contribution is 8.05. The Balaban J connectivity index is 1.08. The summed E-state index contributed by atoms with van der Waals surface area (Å²) in [7, 11) is -2.14. The number of hydrogen-bond donors (Lipinski definition) is 0. The lowest BCUT2D eigenvalue weighted by Gasteiger charge is -2.36. The minimum atomic E-state index is -2.14. The van der Waals surface area contributed by atoms with Gasteiger partial charge in [0.2, 0.25) is 0 Å². The predicted octanol–water partition coefficient (Wildman–Crippen LogP) is 15.6. The largest absolute Gasteiger partial charge is 0.455 e. The third-order valence-electron chi connectivity index (χ3n) is 12.7. The van der Waals surface area contributed by atoms with E-state index in [1.165, 1.54) is 57.6 Å². The summed E-state index contributed by atoms with van der Waals surface area (Å²) in [4.78, 5) is 7.64. The molecule has 10 aromatic rings. The SMILES string of the molecule is C[Si]1(C)c2ccccc2Oc2c(N(c3ccc(-c4cccc5c4Sc4ccccc4S5)cc3)c3ccc4c(c3)c(-c3ccccc3)c(-c3ccccc3)n4-c3ccccc3)cccc21. The lowest BCUT2D eigenvalue weighted by Crippen LogP contribution is -2.56. The van der Waals surface area contributed by atoms with Crippen LogP contribution in [0, 0.1) is 0 Å². The first-order valence-electron chi connectivity index (χ1n) is 21.8. The molecule has 0 saturated heterocycles. The monoisotopic (exact) mass is 874 g/mol. The Hall–Kier alpha value is -6.96. The topological polar surface area (TPSA) is 17.4 Å². The van der Waals surface area contributed by atoms with Crippen LogP contribution in [0.15, 0.2) is 238 Å². The Bertz CT molecular complexity index is 3380. The van der Waals surface area contributed by atoms with Gasteiger partial charge in [0.25, 0.3) is 0 Å². The Labute approximate surface area is 383 Å². The van der Waals surface area contributed by atoms with Gasteiger partial charge in [0.05, 0.1) is 16.9 Å². The summed E-state index contributed by atoms with van der Waals surface area (Å²) < 4.78 is 9.49. The fourth-order valence-corrected chi connectivity index (χ4v) is 14.9. The fourth-order valence-electron chi connectivity index (χ4n) is 9.65. The summed E-state index contributed by atoms with van der Waals surface area (Å²) in [6.07, 6.45) is 0. The highest BCUT2D eigenvalue weighted by Crippen LogP contribution is 2.53. The van der Waals surface area contributed by atoms with Crippen molar-refractivity contribution in [3.8, 4) is 50.7 Å². The molecule has 0 unspecified atom stereocenters. The van der Waals surface area contributed by atoms with Crippen molar-refractivity contribution in [3.05, 3.63) is 218 Å². The van der Waals surface area contributed by atoms with Crippen molar-refractivity contribution in [1.82, 2.24) is 4.57 Å². The molecule has 306 valence electrons. The molecular weight excluding hydrogens is 833 g/mol. The first-order chi connectivity index (χ1) is 31.5. The molecule has 0 radical (unpaired) electrons. The fraction of sp³-hybridized carbons (Fsp3) is 0.0345. The Morgan fingerprint density at radius 1 is 0.484 bits per heavy atom. The number of para-hydroxylation sites is 3. The summed E-state index contributed by atoms with van der Waals surface area (Å²) in [6, 6.07) is 79.4. The van der Waals surface area contributed by atoms with Crippen LogP contribution in [0.2, 0.25) is 13.1 Å². The molecule has 9 aromatic carbocycles. The van der Waals surface area contributed by atoms with Crippen LogP contribution < -0.4 is 20.0 Å². The maximum absolute atomic E-state index is 7.06. The summed E-state index contributed by atoms with van der Waals surface area (Å²) in [6.45, 7) is 4.89. The van der Waals surface area contributed by atoms with Crippen LogP contribution in [-0.4, -0.2) is 12.6 Å². The van der Waals surface area contributed by atoms with E-state index in [-0.39, 0.29) is 0 Å². The number of rotatable bonds is 7. The van der Waals surface area contributed by atoms with E-state index >= 15 is 0 Å². The highest BCUT2D eigenvalue weighted by atomic mass is 32.2. The van der Waals surface area contributed by atoms with Crippen molar-refractivity contribution in [1.29, 1.82) is 0 Å². The van der Waals surface area contributed by atoms with E-state index in [1.54, 1.807) is 0 Å². The number of nitrogens with zero attached hydrogens (tertiary/aromatic N) is 2. The minimum Gasteiger partial charge on any atom is -0.455 e. The molecule has 0 fully saturated rings. The zero-order valence-electron chi connectivity index (χ0n) is 35.4. The second-order valence-corrected chi connectivity index (χ2v) is 23.3. The van der Waals surface area contributed by atoms with Gasteiger partial charge >= 0.3 is 0 Å². The van der Waals surface area contributed by atoms with Gasteiger partial charge < -0.3 is 14.2 Å². The van der Waals surface area contributed by atoms with Crippen LogP contribution in [0.5, 0.6) is 11.5 Å². The molecule has 0 saturated carbocycles. The lowest BCUT2D eigenvalue weighted by molar-refractivity contribution is 0.488. The van der Waals surface area contributed by atoms with Gasteiger partial charge in [-0.05, 0) is 105 Å². The van der Waals surface area contributed by atoms with Crippen LogP contribution >= 0.6 is 23.5 Å². The van der Waals surface area contributed by atoms with E-state index in [1.807, 2.05) is 23.5 Å². The molecular formula is C58H42N2OS2Si. The molecule has 12 rings (SSSR count). The number of ether oxygens (including phenoxy) is 1. The van der Waals surface area contributed by atoms with Gasteiger partial charge in [0.15, 0.2) is 5.75 Å². The van der Waals surface area contributed by atoms with Gasteiger partial charge in [0, 0.05) is 47.6 Å². The summed E-state index contributed by atoms with van der Waals surface area (Å²) in [5.41, 5.74) is 12.5. The Kier molecular flexibility index (Phi) is 9.48. The van der Waals surface area contributed by atoms with Gasteiger partial charge in [-0.25, -0.2) is 0 Å². The number of fused-ring (bicyclic) bond motifs is 5. The van der Waals surface area contributed by atoms with E-state index in [2.05, 4.69) is 241 Å². The maximum atomic E-state index is 7.06. The lowest BCUT2D eigenvalue weighted by atomic mass is 9.98. The summed E-state index contributed by atoms with van der Waals surface area (Å²) in [5, 5.41) is 3.79. The molecule has 3 heterocycles. The Morgan fingerprint density at radius 3 is 1.86 bits per heavy atom. The quantitative estimate of drug-likeness (QED) is 0.148. The molecule has 64 heavy (non-hydrogen) atoms.